The van der Waals surface area contributed by atoms with Crippen molar-refractivity contribution in [2.75, 3.05) is 13.7 Å². The number of halogens is 2. The van der Waals surface area contributed by atoms with Crippen LogP contribution in [0.1, 0.15) is 21.9 Å². The van der Waals surface area contributed by atoms with Gasteiger partial charge in [0.25, 0.3) is 5.91 Å². The third-order valence-corrected chi connectivity index (χ3v) is 5.12. The molecule has 0 unspecified atom stereocenters. The Labute approximate surface area is 187 Å². The molecular formula is C19H13Br2N3O6. The van der Waals surface area contributed by atoms with Crippen LogP contribution in [-0.4, -0.2) is 36.5 Å². The maximum atomic E-state index is 12.7. The molecule has 3 amide bonds. The van der Waals surface area contributed by atoms with Crippen LogP contribution in [0.4, 0.5) is 4.79 Å². The van der Waals surface area contributed by atoms with Crippen molar-refractivity contribution in [2.24, 2.45) is 0 Å². The van der Waals surface area contributed by atoms with Gasteiger partial charge in [0, 0.05) is 0 Å². The second-order valence-corrected chi connectivity index (χ2v) is 7.61. The number of ether oxygens (including phenoxy) is 2. The van der Waals surface area contributed by atoms with Gasteiger partial charge < -0.3 is 19.2 Å². The van der Waals surface area contributed by atoms with E-state index in [1.165, 1.54) is 25.3 Å². The van der Waals surface area contributed by atoms with Gasteiger partial charge >= 0.3 is 12.0 Å². The molecule has 11 heteroatoms. The normalized spacial score (nSPS) is 14.6. The Kier molecular flexibility index (Phi) is 6.59. The maximum Gasteiger partial charge on any atom is 0.373 e. The van der Waals surface area contributed by atoms with Crippen LogP contribution in [0.2, 0.25) is 0 Å². The molecule has 0 saturated carbocycles. The van der Waals surface area contributed by atoms with Crippen molar-refractivity contribution in [2.45, 2.75) is 6.54 Å². The molecule has 154 valence electrons. The number of hydrogen-bond acceptors (Lipinski definition) is 7. The number of nitrogens with one attached hydrogen (secondary N) is 1. The first kappa shape index (κ1) is 21.6. The van der Waals surface area contributed by atoms with Crippen molar-refractivity contribution in [3.8, 4) is 11.8 Å². The lowest BCUT2D eigenvalue weighted by atomic mass is 10.2. The minimum atomic E-state index is -0.655. The van der Waals surface area contributed by atoms with Gasteiger partial charge in [-0.05, 0) is 67.8 Å². The molecule has 0 radical (unpaired) electrons. The number of hydrogen-bond donors (Lipinski definition) is 1. The predicted molar refractivity (Wildman–Crippen MR) is 110 cm³/mol. The van der Waals surface area contributed by atoms with Crippen molar-refractivity contribution in [1.29, 1.82) is 5.26 Å². The molecule has 0 bridgehead atoms. The molecule has 1 aromatic heterocycles. The Bertz CT molecular complexity index is 1080. The number of methoxy groups -OCH3 is 1. The number of carbonyl (C=O) groups is 3. The largest absolute Gasteiger partial charge is 0.476 e. The van der Waals surface area contributed by atoms with E-state index in [2.05, 4.69) is 41.9 Å². The molecule has 0 atom stereocenters. The first-order valence-corrected chi connectivity index (χ1v) is 9.93. The van der Waals surface area contributed by atoms with Crippen LogP contribution < -0.4 is 10.1 Å². The maximum absolute atomic E-state index is 12.7. The van der Waals surface area contributed by atoms with E-state index in [-0.39, 0.29) is 30.4 Å². The van der Waals surface area contributed by atoms with Gasteiger partial charge in [-0.3, -0.25) is 9.69 Å². The van der Waals surface area contributed by atoms with Crippen LogP contribution in [0, 0.1) is 11.3 Å². The van der Waals surface area contributed by atoms with E-state index in [1.54, 1.807) is 12.1 Å². The molecule has 9 nitrogen and oxygen atoms in total. The first-order chi connectivity index (χ1) is 14.3. The third kappa shape index (κ3) is 4.55. The topological polar surface area (TPSA) is 122 Å². The highest BCUT2D eigenvalue weighted by Crippen LogP contribution is 2.35. The monoisotopic (exact) mass is 537 g/mol. The predicted octanol–water partition coefficient (Wildman–Crippen LogP) is 3.59. The number of carbonyl (C=O) groups excluding carboxylic acids is 3. The zero-order chi connectivity index (χ0) is 21.8. The highest BCUT2D eigenvalue weighted by atomic mass is 79.9. The second-order valence-electron chi connectivity index (χ2n) is 5.90. The number of nitrogens with zero attached hydrogens (tertiary/aromatic N) is 2. The highest BCUT2D eigenvalue weighted by Gasteiger charge is 2.34. The minimum absolute atomic E-state index is 0.0243. The third-order valence-electron chi connectivity index (χ3n) is 3.94. The summed E-state index contributed by atoms with van der Waals surface area (Å²) in [4.78, 5) is 37.3. The van der Waals surface area contributed by atoms with E-state index in [1.807, 2.05) is 6.07 Å². The minimum Gasteiger partial charge on any atom is -0.476 e. The quantitative estimate of drug-likeness (QED) is 0.339. The van der Waals surface area contributed by atoms with Crippen LogP contribution in [0.25, 0.3) is 6.08 Å². The van der Waals surface area contributed by atoms with E-state index < -0.39 is 17.9 Å². The lowest BCUT2D eigenvalue weighted by molar-refractivity contribution is -0.123. The van der Waals surface area contributed by atoms with E-state index in [0.29, 0.717) is 20.3 Å². The summed E-state index contributed by atoms with van der Waals surface area (Å²) in [5.74, 6) is -0.528. The molecule has 2 heterocycles. The summed E-state index contributed by atoms with van der Waals surface area (Å²) in [5.41, 5.74) is 0.679. The molecule has 30 heavy (non-hydrogen) atoms. The number of nitriles is 1. The first-order valence-electron chi connectivity index (χ1n) is 8.34. The van der Waals surface area contributed by atoms with Crippen molar-refractivity contribution in [3.63, 3.8) is 0 Å². The molecule has 2 aromatic rings. The van der Waals surface area contributed by atoms with Gasteiger partial charge in [0.1, 0.15) is 23.3 Å². The van der Waals surface area contributed by atoms with Crippen molar-refractivity contribution in [1.82, 2.24) is 10.2 Å². The van der Waals surface area contributed by atoms with Crippen molar-refractivity contribution < 1.29 is 28.3 Å². The summed E-state index contributed by atoms with van der Waals surface area (Å²) in [6.45, 7) is -0.265. The number of esters is 1. The van der Waals surface area contributed by atoms with Gasteiger partial charge in [0.15, 0.2) is 6.61 Å². The number of rotatable bonds is 6. The summed E-state index contributed by atoms with van der Waals surface area (Å²) in [5, 5.41) is 11.2. The van der Waals surface area contributed by atoms with Crippen LogP contribution in [0.3, 0.4) is 0 Å². The highest BCUT2D eigenvalue weighted by molar-refractivity contribution is 9.11. The summed E-state index contributed by atoms with van der Waals surface area (Å²) in [7, 11) is 1.22. The van der Waals surface area contributed by atoms with E-state index >= 15 is 0 Å². The number of benzene rings is 1. The van der Waals surface area contributed by atoms with Gasteiger partial charge in [-0.15, -0.1) is 0 Å². The molecule has 1 aromatic carbocycles. The zero-order valence-corrected chi connectivity index (χ0v) is 18.6. The lowest BCUT2D eigenvalue weighted by Crippen LogP contribution is -2.30. The van der Waals surface area contributed by atoms with Crippen LogP contribution in [0.5, 0.6) is 5.75 Å². The van der Waals surface area contributed by atoms with Gasteiger partial charge in [-0.2, -0.15) is 5.26 Å². The molecule has 1 N–H and O–H groups in total. The summed E-state index contributed by atoms with van der Waals surface area (Å²) in [6, 6.07) is 7.52. The van der Waals surface area contributed by atoms with E-state index in [9.17, 15) is 14.4 Å². The fourth-order valence-corrected chi connectivity index (χ4v) is 4.07. The lowest BCUT2D eigenvalue weighted by Gasteiger charge is -2.09. The Hall–Kier alpha value is -3.10. The van der Waals surface area contributed by atoms with E-state index in [0.717, 1.165) is 4.90 Å². The average Bonchev–Trinajstić information content (AvgIpc) is 3.27. The summed E-state index contributed by atoms with van der Waals surface area (Å²) >= 11 is 6.71. The summed E-state index contributed by atoms with van der Waals surface area (Å²) in [6.07, 6.45) is 1.51. The van der Waals surface area contributed by atoms with Gasteiger partial charge in [-0.25, -0.2) is 9.59 Å². The zero-order valence-electron chi connectivity index (χ0n) is 15.4. The molecule has 1 aliphatic heterocycles. The molecule has 1 fully saturated rings. The standard InChI is InChI=1S/C19H13Br2N3O6/c1-28-18(26)15-3-2-11(30-15)9-24-17(25)14(23-19(24)27)8-10-6-12(20)16(13(21)7-10)29-5-4-22/h2-3,6-8H,5,9H2,1H3,(H,23,27)/b14-8-. The van der Waals surface area contributed by atoms with Crippen molar-refractivity contribution in [3.05, 3.63) is 56.0 Å². The Balaban J connectivity index is 1.79. The Morgan fingerprint density at radius 2 is 2.00 bits per heavy atom. The van der Waals surface area contributed by atoms with Crippen LogP contribution in [0.15, 0.2) is 43.3 Å². The molecular weight excluding hydrogens is 526 g/mol. The Morgan fingerprint density at radius 1 is 1.30 bits per heavy atom. The fourth-order valence-electron chi connectivity index (χ4n) is 2.62. The van der Waals surface area contributed by atoms with Crippen LogP contribution >= 0.6 is 31.9 Å². The summed E-state index contributed by atoms with van der Waals surface area (Å²) < 4.78 is 16.3. The SMILES string of the molecule is COC(=O)c1ccc(CN2C(=O)N/C(=C\c3cc(Br)c(OCC#N)c(Br)c3)C2=O)o1. The fraction of sp³-hybridized carbons (Fsp3) is 0.158. The average molecular weight is 539 g/mol. The molecule has 1 saturated heterocycles. The molecule has 1 aliphatic rings. The van der Waals surface area contributed by atoms with Gasteiger partial charge in [0.05, 0.1) is 22.6 Å². The number of amides is 3. The molecule has 3 rings (SSSR count). The smallest absolute Gasteiger partial charge is 0.373 e. The van der Waals surface area contributed by atoms with Gasteiger partial charge in [-0.1, -0.05) is 0 Å². The number of urea groups is 1. The second kappa shape index (κ2) is 9.15. The Morgan fingerprint density at radius 3 is 2.63 bits per heavy atom. The molecule has 0 aliphatic carbocycles. The van der Waals surface area contributed by atoms with E-state index in [4.69, 9.17) is 14.4 Å². The van der Waals surface area contributed by atoms with Gasteiger partial charge in [0.2, 0.25) is 5.76 Å². The molecule has 0 spiro atoms. The van der Waals surface area contributed by atoms with Crippen molar-refractivity contribution >= 4 is 55.8 Å². The van der Waals surface area contributed by atoms with Crippen LogP contribution in [-0.2, 0) is 16.1 Å². The number of imide groups is 1. The number of furan rings is 1.